The van der Waals surface area contributed by atoms with Crippen LogP contribution in [0.3, 0.4) is 0 Å². The third-order valence-corrected chi connectivity index (χ3v) is 2.47. The molecule has 0 bridgehead atoms. The number of hydrogen-bond donors (Lipinski definition) is 2. The van der Waals surface area contributed by atoms with Crippen molar-refractivity contribution in [3.63, 3.8) is 0 Å². The maximum absolute atomic E-state index is 11.3. The average molecular weight is 224 g/mol. The van der Waals surface area contributed by atoms with Crippen LogP contribution in [0.1, 0.15) is 23.6 Å². The first-order chi connectivity index (χ1) is 7.47. The van der Waals surface area contributed by atoms with Gasteiger partial charge in [0.05, 0.1) is 13.0 Å². The van der Waals surface area contributed by atoms with Gasteiger partial charge in [-0.2, -0.15) is 0 Å². The molecule has 88 valence electrons. The average Bonchev–Trinajstić information content (AvgIpc) is 2.22. The summed E-state index contributed by atoms with van der Waals surface area (Å²) in [5.41, 5.74) is 1.52. The summed E-state index contributed by atoms with van der Waals surface area (Å²) in [6.45, 7) is 5.38. The van der Waals surface area contributed by atoms with Gasteiger partial charge in [-0.1, -0.05) is 0 Å². The van der Waals surface area contributed by atoms with Gasteiger partial charge in [-0.05, 0) is 38.0 Å². The molecule has 2 N–H and O–H groups in total. The van der Waals surface area contributed by atoms with E-state index in [1.54, 1.807) is 20.8 Å². The van der Waals surface area contributed by atoms with Crippen molar-refractivity contribution in [2.24, 2.45) is 0 Å². The number of ether oxygens (including phenoxy) is 1. The van der Waals surface area contributed by atoms with Gasteiger partial charge in [-0.3, -0.25) is 4.79 Å². The number of hydrogen-bond acceptors (Lipinski definition) is 4. The number of phenolic OH excluding ortho intramolecular Hbond substituents is 2. The summed E-state index contributed by atoms with van der Waals surface area (Å²) in [4.78, 5) is 11.3. The van der Waals surface area contributed by atoms with Crippen molar-refractivity contribution in [3.8, 4) is 11.5 Å². The Morgan fingerprint density at radius 1 is 1.38 bits per heavy atom. The zero-order chi connectivity index (χ0) is 12.3. The molecule has 0 saturated heterocycles. The Balaban J connectivity index is 3.05. The van der Waals surface area contributed by atoms with Crippen molar-refractivity contribution >= 4 is 5.97 Å². The van der Waals surface area contributed by atoms with Crippen molar-refractivity contribution in [3.05, 3.63) is 22.8 Å². The zero-order valence-corrected chi connectivity index (χ0v) is 9.70. The number of aryl methyl sites for hydroxylation is 1. The van der Waals surface area contributed by atoms with Crippen molar-refractivity contribution in [1.82, 2.24) is 0 Å². The minimum absolute atomic E-state index is 0.0147. The summed E-state index contributed by atoms with van der Waals surface area (Å²) in [6, 6.07) is 1.44. The molecular weight excluding hydrogens is 208 g/mol. The minimum atomic E-state index is -0.413. The summed E-state index contributed by atoms with van der Waals surface area (Å²) in [5.74, 6) is -0.290. The molecule has 16 heavy (non-hydrogen) atoms. The SMILES string of the molecule is CCOC(=O)Cc1c(O)cc(C)c(O)c1C. The molecule has 0 aliphatic heterocycles. The summed E-state index contributed by atoms with van der Waals surface area (Å²) in [7, 11) is 0. The number of aromatic hydroxyl groups is 2. The number of phenols is 2. The van der Waals surface area contributed by atoms with Gasteiger partial charge in [-0.25, -0.2) is 0 Å². The Morgan fingerprint density at radius 3 is 2.56 bits per heavy atom. The van der Waals surface area contributed by atoms with E-state index in [0.717, 1.165) is 0 Å². The monoisotopic (exact) mass is 224 g/mol. The molecule has 0 saturated carbocycles. The van der Waals surface area contributed by atoms with Crippen molar-refractivity contribution in [1.29, 1.82) is 0 Å². The van der Waals surface area contributed by atoms with Crippen LogP contribution >= 0.6 is 0 Å². The van der Waals surface area contributed by atoms with E-state index >= 15 is 0 Å². The first-order valence-electron chi connectivity index (χ1n) is 5.14. The highest BCUT2D eigenvalue weighted by Crippen LogP contribution is 2.32. The lowest BCUT2D eigenvalue weighted by Crippen LogP contribution is -2.09. The Morgan fingerprint density at radius 2 is 2.00 bits per heavy atom. The molecule has 4 nitrogen and oxygen atoms in total. The molecule has 0 atom stereocenters. The molecule has 4 heteroatoms. The van der Waals surface area contributed by atoms with Gasteiger partial charge in [0.15, 0.2) is 0 Å². The van der Waals surface area contributed by atoms with Gasteiger partial charge in [-0.15, -0.1) is 0 Å². The Kier molecular flexibility index (Phi) is 3.77. The molecule has 0 fully saturated rings. The van der Waals surface area contributed by atoms with E-state index in [2.05, 4.69) is 0 Å². The van der Waals surface area contributed by atoms with Crippen LogP contribution in [0.4, 0.5) is 0 Å². The van der Waals surface area contributed by atoms with Gasteiger partial charge < -0.3 is 14.9 Å². The lowest BCUT2D eigenvalue weighted by Gasteiger charge is -2.11. The maximum Gasteiger partial charge on any atom is 0.310 e. The molecule has 0 aliphatic rings. The van der Waals surface area contributed by atoms with Crippen molar-refractivity contribution in [2.75, 3.05) is 6.61 Å². The van der Waals surface area contributed by atoms with Crippen LogP contribution in [0.5, 0.6) is 11.5 Å². The molecule has 1 aromatic rings. The van der Waals surface area contributed by atoms with Gasteiger partial charge in [0.1, 0.15) is 11.5 Å². The van der Waals surface area contributed by atoms with Crippen LogP contribution < -0.4 is 0 Å². The molecule has 0 aliphatic carbocycles. The highest BCUT2D eigenvalue weighted by molar-refractivity contribution is 5.75. The van der Waals surface area contributed by atoms with Crippen LogP contribution in [0, 0.1) is 13.8 Å². The van der Waals surface area contributed by atoms with E-state index in [0.29, 0.717) is 23.3 Å². The van der Waals surface area contributed by atoms with Gasteiger partial charge >= 0.3 is 5.97 Å². The highest BCUT2D eigenvalue weighted by atomic mass is 16.5. The van der Waals surface area contributed by atoms with E-state index in [4.69, 9.17) is 4.74 Å². The van der Waals surface area contributed by atoms with E-state index in [9.17, 15) is 15.0 Å². The number of esters is 1. The molecule has 1 aromatic carbocycles. The van der Waals surface area contributed by atoms with E-state index < -0.39 is 5.97 Å². The molecule has 0 heterocycles. The second-order valence-corrected chi connectivity index (χ2v) is 3.65. The van der Waals surface area contributed by atoms with Crippen molar-refractivity contribution in [2.45, 2.75) is 27.2 Å². The third kappa shape index (κ3) is 2.45. The van der Waals surface area contributed by atoms with Crippen LogP contribution in [0.2, 0.25) is 0 Å². The zero-order valence-electron chi connectivity index (χ0n) is 9.70. The summed E-state index contributed by atoms with van der Waals surface area (Å²) >= 11 is 0. The molecule has 1 rings (SSSR count). The third-order valence-electron chi connectivity index (χ3n) is 2.47. The molecule has 0 aromatic heterocycles. The summed E-state index contributed by atoms with van der Waals surface area (Å²) in [5, 5.41) is 19.4. The second kappa shape index (κ2) is 4.88. The normalized spacial score (nSPS) is 10.2. The summed E-state index contributed by atoms with van der Waals surface area (Å²) < 4.78 is 4.79. The first-order valence-corrected chi connectivity index (χ1v) is 5.14. The highest BCUT2D eigenvalue weighted by Gasteiger charge is 2.15. The van der Waals surface area contributed by atoms with Gasteiger partial charge in [0.2, 0.25) is 0 Å². The minimum Gasteiger partial charge on any atom is -0.508 e. The van der Waals surface area contributed by atoms with Crippen LogP contribution in [0.25, 0.3) is 0 Å². The lowest BCUT2D eigenvalue weighted by atomic mass is 10.0. The van der Waals surface area contributed by atoms with Crippen molar-refractivity contribution < 1.29 is 19.7 Å². The maximum atomic E-state index is 11.3. The predicted molar refractivity (Wildman–Crippen MR) is 59.6 cm³/mol. The second-order valence-electron chi connectivity index (χ2n) is 3.65. The Labute approximate surface area is 94.5 Å². The number of carbonyl (C=O) groups is 1. The van der Waals surface area contributed by atoms with E-state index in [-0.39, 0.29) is 17.9 Å². The summed E-state index contributed by atoms with van der Waals surface area (Å²) in [6.07, 6.45) is -0.0284. The Hall–Kier alpha value is -1.71. The van der Waals surface area contributed by atoms with Crippen LogP contribution in [-0.2, 0) is 16.0 Å². The number of carbonyl (C=O) groups excluding carboxylic acids is 1. The fraction of sp³-hybridized carbons (Fsp3) is 0.417. The topological polar surface area (TPSA) is 66.8 Å². The fourth-order valence-electron chi connectivity index (χ4n) is 1.57. The number of benzene rings is 1. The van der Waals surface area contributed by atoms with Crippen LogP contribution in [0.15, 0.2) is 6.07 Å². The van der Waals surface area contributed by atoms with Gasteiger partial charge in [0.25, 0.3) is 0 Å². The smallest absolute Gasteiger partial charge is 0.310 e. The van der Waals surface area contributed by atoms with Crippen LogP contribution in [-0.4, -0.2) is 22.8 Å². The molecule has 0 unspecified atom stereocenters. The molecule has 0 spiro atoms. The Bertz CT molecular complexity index is 410. The largest absolute Gasteiger partial charge is 0.508 e. The van der Waals surface area contributed by atoms with E-state index in [1.165, 1.54) is 6.07 Å². The lowest BCUT2D eigenvalue weighted by molar-refractivity contribution is -0.142. The molecule has 0 amide bonds. The molecule has 0 radical (unpaired) electrons. The predicted octanol–water partition coefficient (Wildman–Crippen LogP) is 1.82. The van der Waals surface area contributed by atoms with E-state index in [1.807, 2.05) is 0 Å². The molecular formula is C12H16O4. The fourth-order valence-corrected chi connectivity index (χ4v) is 1.57. The standard InChI is InChI=1S/C12H16O4/c1-4-16-11(14)6-9-8(3)12(15)7(2)5-10(9)13/h5,13,15H,4,6H2,1-3H3. The first kappa shape index (κ1) is 12.4. The number of rotatable bonds is 3. The quantitative estimate of drug-likeness (QED) is 0.607. The van der Waals surface area contributed by atoms with Gasteiger partial charge in [0, 0.05) is 5.56 Å².